The molecule has 1 aromatic heterocycles. The van der Waals surface area contributed by atoms with Crippen LogP contribution in [0.25, 0.3) is 0 Å². The normalized spacial score (nSPS) is 11.5. The number of nitrogens with one attached hydrogen (secondary N) is 1. The number of rotatable bonds is 4. The third kappa shape index (κ3) is 3.36. The molecule has 19 heavy (non-hydrogen) atoms. The summed E-state index contributed by atoms with van der Waals surface area (Å²) in [5, 5.41) is 8.94. The molecule has 102 valence electrons. The second-order valence-electron chi connectivity index (χ2n) is 3.93. The molecule has 1 aromatic carbocycles. The predicted octanol–water partition coefficient (Wildman–Crippen LogP) is 3.11. The minimum Gasteiger partial charge on any atom is -0.392 e. The van der Waals surface area contributed by atoms with Gasteiger partial charge in [0.1, 0.15) is 4.90 Å². The molecular weight excluding hydrogens is 350 g/mol. The van der Waals surface area contributed by atoms with E-state index in [0.717, 1.165) is 14.2 Å². The maximum absolute atomic E-state index is 12.2. The lowest BCUT2D eigenvalue weighted by Gasteiger charge is -2.08. The van der Waals surface area contributed by atoms with Crippen LogP contribution in [-0.4, -0.2) is 13.5 Å². The highest BCUT2D eigenvalue weighted by molar-refractivity contribution is 9.11. The number of hydrogen-bond acceptors (Lipinski definition) is 4. The van der Waals surface area contributed by atoms with Crippen LogP contribution in [0.2, 0.25) is 0 Å². The second-order valence-corrected chi connectivity index (χ2v) is 8.22. The standard InChI is InChI=1S/C12H12BrNO3S2/c1-8-11(6-12(13)18-8)19(16,17)14-10-4-2-9(7-15)3-5-10/h2-6,14-15H,7H2,1H3. The van der Waals surface area contributed by atoms with E-state index in [1.54, 1.807) is 37.3 Å². The van der Waals surface area contributed by atoms with Crippen LogP contribution in [0.5, 0.6) is 0 Å². The zero-order chi connectivity index (χ0) is 14.0. The van der Waals surface area contributed by atoms with E-state index < -0.39 is 10.0 Å². The van der Waals surface area contributed by atoms with Crippen molar-refractivity contribution in [2.45, 2.75) is 18.4 Å². The van der Waals surface area contributed by atoms with Gasteiger partial charge in [-0.05, 0) is 46.6 Å². The van der Waals surface area contributed by atoms with E-state index in [0.29, 0.717) is 5.69 Å². The molecule has 2 N–H and O–H groups in total. The number of aliphatic hydroxyl groups excluding tert-OH is 1. The van der Waals surface area contributed by atoms with Crippen molar-refractivity contribution in [3.8, 4) is 0 Å². The molecule has 4 nitrogen and oxygen atoms in total. The molecule has 7 heteroatoms. The quantitative estimate of drug-likeness (QED) is 0.878. The van der Waals surface area contributed by atoms with Crippen molar-refractivity contribution in [1.29, 1.82) is 0 Å². The largest absolute Gasteiger partial charge is 0.392 e. The highest BCUT2D eigenvalue weighted by Crippen LogP contribution is 2.30. The zero-order valence-electron chi connectivity index (χ0n) is 10.1. The highest BCUT2D eigenvalue weighted by atomic mass is 79.9. The number of aryl methyl sites for hydroxylation is 1. The van der Waals surface area contributed by atoms with E-state index in [1.807, 2.05) is 0 Å². The van der Waals surface area contributed by atoms with Crippen LogP contribution in [0.4, 0.5) is 5.69 Å². The Kier molecular flexibility index (Phi) is 4.29. The lowest BCUT2D eigenvalue weighted by Crippen LogP contribution is -2.13. The molecule has 1 heterocycles. The van der Waals surface area contributed by atoms with E-state index in [9.17, 15) is 8.42 Å². The molecule has 0 saturated heterocycles. The molecule has 0 atom stereocenters. The Balaban J connectivity index is 2.28. The van der Waals surface area contributed by atoms with E-state index in [2.05, 4.69) is 20.7 Å². The van der Waals surface area contributed by atoms with Crippen molar-refractivity contribution in [1.82, 2.24) is 0 Å². The first kappa shape index (κ1) is 14.5. The van der Waals surface area contributed by atoms with Crippen LogP contribution >= 0.6 is 27.3 Å². The summed E-state index contributed by atoms with van der Waals surface area (Å²) in [6.45, 7) is 1.70. The van der Waals surface area contributed by atoms with Crippen LogP contribution in [-0.2, 0) is 16.6 Å². The number of anilines is 1. The fourth-order valence-corrected chi connectivity index (χ4v) is 5.06. The molecule has 0 aliphatic heterocycles. The number of halogens is 1. The maximum atomic E-state index is 12.2. The van der Waals surface area contributed by atoms with Crippen molar-refractivity contribution in [3.05, 3.63) is 44.6 Å². The van der Waals surface area contributed by atoms with Gasteiger partial charge in [-0.2, -0.15) is 0 Å². The molecule has 0 radical (unpaired) electrons. The SMILES string of the molecule is Cc1sc(Br)cc1S(=O)(=O)Nc1ccc(CO)cc1. The summed E-state index contributed by atoms with van der Waals surface area (Å²) in [5.41, 5.74) is 1.20. The first-order chi connectivity index (χ1) is 8.92. The lowest BCUT2D eigenvalue weighted by molar-refractivity contribution is 0.282. The Hall–Kier alpha value is -0.890. The van der Waals surface area contributed by atoms with E-state index in [1.165, 1.54) is 11.3 Å². The Bertz CT molecular complexity index is 678. The fourth-order valence-electron chi connectivity index (χ4n) is 1.59. The van der Waals surface area contributed by atoms with Gasteiger partial charge in [0.2, 0.25) is 0 Å². The summed E-state index contributed by atoms with van der Waals surface area (Å²) in [6, 6.07) is 8.19. The average Bonchev–Trinajstić information content (AvgIpc) is 2.70. The van der Waals surface area contributed by atoms with Gasteiger partial charge < -0.3 is 5.11 Å². The van der Waals surface area contributed by atoms with Crippen molar-refractivity contribution in [2.75, 3.05) is 4.72 Å². The third-order valence-corrected chi connectivity index (χ3v) is 5.71. The van der Waals surface area contributed by atoms with Gasteiger partial charge in [0.05, 0.1) is 10.4 Å². The molecule has 2 aromatic rings. The maximum Gasteiger partial charge on any atom is 0.263 e. The van der Waals surface area contributed by atoms with Crippen molar-refractivity contribution < 1.29 is 13.5 Å². The first-order valence-electron chi connectivity index (χ1n) is 5.41. The van der Waals surface area contributed by atoms with Gasteiger partial charge in [0.15, 0.2) is 0 Å². The minimum atomic E-state index is -3.57. The Morgan fingerprint density at radius 1 is 1.32 bits per heavy atom. The van der Waals surface area contributed by atoms with Gasteiger partial charge in [-0.1, -0.05) is 12.1 Å². The molecule has 0 aliphatic rings. The van der Waals surface area contributed by atoms with E-state index >= 15 is 0 Å². The molecule has 0 aliphatic carbocycles. The first-order valence-corrected chi connectivity index (χ1v) is 8.50. The van der Waals surface area contributed by atoms with Crippen LogP contribution in [0.15, 0.2) is 39.0 Å². The Labute approximate surface area is 124 Å². The molecule has 0 spiro atoms. The van der Waals surface area contributed by atoms with Gasteiger partial charge in [-0.15, -0.1) is 11.3 Å². The number of aliphatic hydroxyl groups is 1. The summed E-state index contributed by atoms with van der Waals surface area (Å²) in [7, 11) is -3.57. The topological polar surface area (TPSA) is 66.4 Å². The fraction of sp³-hybridized carbons (Fsp3) is 0.167. The summed E-state index contributed by atoms with van der Waals surface area (Å²) >= 11 is 4.66. The van der Waals surface area contributed by atoms with Crippen molar-refractivity contribution >= 4 is 43.0 Å². The lowest BCUT2D eigenvalue weighted by atomic mass is 10.2. The monoisotopic (exact) mass is 361 g/mol. The van der Waals surface area contributed by atoms with Crippen LogP contribution < -0.4 is 4.72 Å². The number of sulfonamides is 1. The highest BCUT2D eigenvalue weighted by Gasteiger charge is 2.19. The van der Waals surface area contributed by atoms with Crippen molar-refractivity contribution in [2.24, 2.45) is 0 Å². The van der Waals surface area contributed by atoms with Crippen LogP contribution in [0.3, 0.4) is 0 Å². The third-order valence-electron chi connectivity index (χ3n) is 2.52. The number of hydrogen-bond donors (Lipinski definition) is 2. The van der Waals surface area contributed by atoms with Crippen molar-refractivity contribution in [3.63, 3.8) is 0 Å². The smallest absolute Gasteiger partial charge is 0.263 e. The number of benzene rings is 1. The van der Waals surface area contributed by atoms with Gasteiger partial charge in [0.25, 0.3) is 10.0 Å². The van der Waals surface area contributed by atoms with Gasteiger partial charge in [0, 0.05) is 10.6 Å². The van der Waals surface area contributed by atoms with Crippen LogP contribution in [0.1, 0.15) is 10.4 Å². The summed E-state index contributed by atoms with van der Waals surface area (Å²) in [5.74, 6) is 0. The molecular formula is C12H12BrNO3S2. The van der Waals surface area contributed by atoms with Crippen LogP contribution in [0, 0.1) is 6.92 Å². The Morgan fingerprint density at radius 3 is 2.42 bits per heavy atom. The van der Waals surface area contributed by atoms with Gasteiger partial charge in [-0.3, -0.25) is 4.72 Å². The second kappa shape index (κ2) is 5.62. The summed E-state index contributed by atoms with van der Waals surface area (Å²) in [4.78, 5) is 1.00. The zero-order valence-corrected chi connectivity index (χ0v) is 13.3. The molecule has 0 amide bonds. The Morgan fingerprint density at radius 2 is 1.95 bits per heavy atom. The summed E-state index contributed by atoms with van der Waals surface area (Å²) < 4.78 is 27.7. The molecule has 0 saturated carbocycles. The van der Waals surface area contributed by atoms with E-state index in [4.69, 9.17) is 5.11 Å². The molecule has 2 rings (SSSR count). The predicted molar refractivity (Wildman–Crippen MR) is 79.9 cm³/mol. The average molecular weight is 362 g/mol. The number of thiophene rings is 1. The van der Waals surface area contributed by atoms with E-state index in [-0.39, 0.29) is 11.5 Å². The molecule has 0 bridgehead atoms. The summed E-state index contributed by atoms with van der Waals surface area (Å²) in [6.07, 6.45) is 0. The van der Waals surface area contributed by atoms with Gasteiger partial charge in [-0.25, -0.2) is 8.42 Å². The minimum absolute atomic E-state index is 0.0659. The molecule has 0 fully saturated rings. The van der Waals surface area contributed by atoms with Gasteiger partial charge >= 0.3 is 0 Å². The molecule has 0 unspecified atom stereocenters.